The second-order valence-corrected chi connectivity index (χ2v) is 10.4. The minimum atomic E-state index is -0.0706. The quantitative estimate of drug-likeness (QED) is 0.236. The van der Waals surface area contributed by atoms with Gasteiger partial charge >= 0.3 is 0 Å². The van der Waals surface area contributed by atoms with E-state index in [1.54, 1.807) is 11.6 Å². The fraction of sp³-hybridized carbons (Fsp3) is 0.182. The van der Waals surface area contributed by atoms with Gasteiger partial charge < -0.3 is 9.64 Å². The number of carbonyl (C=O) groups excluding carboxylic acids is 1. The number of piperazine rings is 1. The monoisotopic (exact) mass is 563 g/mol. The predicted molar refractivity (Wildman–Crippen MR) is 163 cm³/mol. The van der Waals surface area contributed by atoms with Gasteiger partial charge in [0.25, 0.3) is 5.91 Å². The lowest BCUT2D eigenvalue weighted by Gasteiger charge is -2.34. The molecular formula is C33H30ClN5O2. The van der Waals surface area contributed by atoms with E-state index in [9.17, 15) is 4.79 Å². The Bertz CT molecular complexity index is 1690. The molecule has 8 heteroatoms. The summed E-state index contributed by atoms with van der Waals surface area (Å²) < 4.78 is 7.26. The first kappa shape index (κ1) is 26.7. The summed E-state index contributed by atoms with van der Waals surface area (Å²) >= 11 is 6.11. The van der Waals surface area contributed by atoms with Crippen LogP contribution < -0.4 is 4.74 Å². The summed E-state index contributed by atoms with van der Waals surface area (Å²) in [5.74, 6) is 0.621. The summed E-state index contributed by atoms with van der Waals surface area (Å²) in [4.78, 5) is 23.2. The van der Waals surface area contributed by atoms with Gasteiger partial charge in [-0.25, -0.2) is 9.50 Å². The van der Waals surface area contributed by atoms with Gasteiger partial charge in [-0.3, -0.25) is 9.69 Å². The minimum Gasteiger partial charge on any atom is -0.496 e. The lowest BCUT2D eigenvalue weighted by atomic mass is 10.1. The van der Waals surface area contributed by atoms with E-state index in [1.165, 1.54) is 5.56 Å². The van der Waals surface area contributed by atoms with Crippen molar-refractivity contribution in [2.75, 3.05) is 39.8 Å². The molecule has 41 heavy (non-hydrogen) atoms. The van der Waals surface area contributed by atoms with Crippen molar-refractivity contribution in [3.63, 3.8) is 0 Å². The fourth-order valence-corrected chi connectivity index (χ4v) is 5.21. The normalized spacial score (nSPS) is 14.1. The van der Waals surface area contributed by atoms with Gasteiger partial charge in [0.05, 0.1) is 18.5 Å². The molecule has 1 fully saturated rings. The molecule has 0 spiro atoms. The first-order valence-electron chi connectivity index (χ1n) is 13.6. The van der Waals surface area contributed by atoms with Gasteiger partial charge in [0.1, 0.15) is 11.4 Å². The number of nitrogens with zero attached hydrogens (tertiary/aromatic N) is 5. The van der Waals surface area contributed by atoms with E-state index in [2.05, 4.69) is 29.2 Å². The topological polar surface area (TPSA) is 63.0 Å². The van der Waals surface area contributed by atoms with Crippen LogP contribution in [0.3, 0.4) is 0 Å². The van der Waals surface area contributed by atoms with Gasteiger partial charge in [-0.15, -0.1) is 0 Å². The van der Waals surface area contributed by atoms with Crippen LogP contribution in [0, 0.1) is 0 Å². The van der Waals surface area contributed by atoms with Crippen molar-refractivity contribution in [3.05, 3.63) is 113 Å². The molecule has 7 nitrogen and oxygen atoms in total. The van der Waals surface area contributed by atoms with Crippen molar-refractivity contribution in [1.29, 1.82) is 0 Å². The number of hydrogen-bond acceptors (Lipinski definition) is 5. The third kappa shape index (κ3) is 5.87. The average molecular weight is 564 g/mol. The highest BCUT2D eigenvalue weighted by atomic mass is 35.5. The number of para-hydroxylation sites is 1. The largest absolute Gasteiger partial charge is 0.496 e. The van der Waals surface area contributed by atoms with Crippen LogP contribution in [0.2, 0.25) is 5.02 Å². The molecule has 1 aliphatic rings. The molecule has 0 saturated carbocycles. The van der Waals surface area contributed by atoms with Crippen LogP contribution >= 0.6 is 11.6 Å². The zero-order chi connectivity index (χ0) is 28.2. The predicted octanol–water partition coefficient (Wildman–Crippen LogP) is 6.20. The molecule has 1 aliphatic heterocycles. The fourth-order valence-electron chi connectivity index (χ4n) is 5.08. The Morgan fingerprint density at radius 2 is 1.63 bits per heavy atom. The summed E-state index contributed by atoms with van der Waals surface area (Å²) in [7, 11) is 1.63. The van der Waals surface area contributed by atoms with Crippen molar-refractivity contribution in [1.82, 2.24) is 24.4 Å². The summed E-state index contributed by atoms with van der Waals surface area (Å²) in [5.41, 5.74) is 5.33. The number of carbonyl (C=O) groups is 1. The molecule has 0 radical (unpaired) electrons. The molecule has 3 heterocycles. The zero-order valence-corrected chi connectivity index (χ0v) is 23.5. The molecule has 1 saturated heterocycles. The first-order valence-corrected chi connectivity index (χ1v) is 14.0. The van der Waals surface area contributed by atoms with Gasteiger partial charge in [0.2, 0.25) is 0 Å². The van der Waals surface area contributed by atoms with Crippen LogP contribution in [-0.2, 0) is 0 Å². The van der Waals surface area contributed by atoms with Crippen molar-refractivity contribution in [2.24, 2.45) is 0 Å². The third-order valence-electron chi connectivity index (χ3n) is 7.30. The lowest BCUT2D eigenvalue weighted by Crippen LogP contribution is -2.49. The van der Waals surface area contributed by atoms with Crippen LogP contribution in [0.1, 0.15) is 16.1 Å². The molecule has 2 aromatic heterocycles. The van der Waals surface area contributed by atoms with Gasteiger partial charge in [-0.05, 0) is 35.9 Å². The van der Waals surface area contributed by atoms with Crippen molar-refractivity contribution in [2.45, 2.75) is 0 Å². The van der Waals surface area contributed by atoms with Crippen LogP contribution in [-0.4, -0.2) is 70.1 Å². The Kier molecular flexibility index (Phi) is 7.80. The second-order valence-electron chi connectivity index (χ2n) is 9.94. The van der Waals surface area contributed by atoms with Crippen molar-refractivity contribution < 1.29 is 9.53 Å². The molecule has 5 aromatic rings. The number of methoxy groups -OCH3 is 1. The molecule has 206 valence electrons. The van der Waals surface area contributed by atoms with E-state index in [-0.39, 0.29) is 5.91 Å². The summed E-state index contributed by atoms with van der Waals surface area (Å²) in [6, 6.07) is 29.2. The van der Waals surface area contributed by atoms with E-state index in [4.69, 9.17) is 26.4 Å². The summed E-state index contributed by atoms with van der Waals surface area (Å²) in [5, 5.41) is 5.46. The van der Waals surface area contributed by atoms with Crippen molar-refractivity contribution >= 4 is 29.2 Å². The summed E-state index contributed by atoms with van der Waals surface area (Å²) in [6.07, 6.45) is 4.32. The number of rotatable bonds is 7. The molecular weight excluding hydrogens is 534 g/mol. The number of hydrogen-bond donors (Lipinski definition) is 0. The molecule has 0 atom stereocenters. The summed E-state index contributed by atoms with van der Waals surface area (Å²) in [6.45, 7) is 3.72. The van der Waals surface area contributed by atoms with E-state index < -0.39 is 0 Å². The van der Waals surface area contributed by atoms with E-state index >= 15 is 0 Å². The maximum Gasteiger partial charge on any atom is 0.272 e. The maximum atomic E-state index is 14.0. The molecule has 3 aromatic carbocycles. The lowest BCUT2D eigenvalue weighted by molar-refractivity contribution is 0.0641. The van der Waals surface area contributed by atoms with Gasteiger partial charge in [-0.1, -0.05) is 78.4 Å². The number of ether oxygens (including phenoxy) is 1. The second kappa shape index (κ2) is 12.0. The number of aromatic nitrogens is 3. The number of amides is 1. The Labute approximate surface area is 244 Å². The first-order chi connectivity index (χ1) is 20.1. The van der Waals surface area contributed by atoms with Crippen LogP contribution in [0.5, 0.6) is 5.75 Å². The van der Waals surface area contributed by atoms with Crippen LogP contribution in [0.25, 0.3) is 34.2 Å². The van der Waals surface area contributed by atoms with E-state index in [0.29, 0.717) is 40.9 Å². The maximum absolute atomic E-state index is 14.0. The van der Waals surface area contributed by atoms with E-state index in [0.717, 1.165) is 36.5 Å². The highest BCUT2D eigenvalue weighted by Crippen LogP contribution is 2.31. The third-order valence-corrected chi connectivity index (χ3v) is 7.55. The van der Waals surface area contributed by atoms with Crippen LogP contribution in [0.4, 0.5) is 0 Å². The molecule has 6 rings (SSSR count). The Morgan fingerprint density at radius 3 is 2.39 bits per heavy atom. The number of halogens is 1. The highest BCUT2D eigenvalue weighted by Gasteiger charge is 2.26. The standard InChI is InChI=1S/C33H30ClN5O2/c1-41-31-12-6-5-11-27(31)29-22-30(39-32(35-29)23-28(36-39)25-13-15-26(34)16-14-25)33(40)38-20-18-37(19-21-38)17-7-10-24-8-3-2-4-9-24/h2-16,22-23H,17-21H2,1H3/b10-7+. The molecule has 1 amide bonds. The minimum absolute atomic E-state index is 0.0706. The highest BCUT2D eigenvalue weighted by molar-refractivity contribution is 6.30. The number of fused-ring (bicyclic) bond motifs is 1. The Morgan fingerprint density at radius 1 is 0.902 bits per heavy atom. The Hall–Kier alpha value is -4.46. The molecule has 0 N–H and O–H groups in total. The zero-order valence-electron chi connectivity index (χ0n) is 22.8. The van der Waals surface area contributed by atoms with Crippen LogP contribution in [0.15, 0.2) is 97.1 Å². The van der Waals surface area contributed by atoms with Gasteiger partial charge in [0, 0.05) is 54.9 Å². The number of benzene rings is 3. The van der Waals surface area contributed by atoms with Crippen molar-refractivity contribution in [3.8, 4) is 28.3 Å². The molecule has 0 bridgehead atoms. The smallest absolute Gasteiger partial charge is 0.272 e. The SMILES string of the molecule is COc1ccccc1-c1cc(C(=O)N2CCN(C/C=C/c3ccccc3)CC2)n2nc(-c3ccc(Cl)cc3)cc2n1. The average Bonchev–Trinajstić information content (AvgIpc) is 3.46. The molecule has 0 unspecified atom stereocenters. The Balaban J connectivity index is 1.28. The van der Waals surface area contributed by atoms with Gasteiger partial charge in [-0.2, -0.15) is 5.10 Å². The van der Waals surface area contributed by atoms with Gasteiger partial charge in [0.15, 0.2) is 5.65 Å². The molecule has 0 aliphatic carbocycles. The van der Waals surface area contributed by atoms with E-state index in [1.807, 2.05) is 83.8 Å².